The molecule has 2 heterocycles. The fourth-order valence-electron chi connectivity index (χ4n) is 3.95. The second-order valence-electron chi connectivity index (χ2n) is 8.54. The Morgan fingerprint density at radius 2 is 1.96 bits per heavy atom. The molecule has 1 aliphatic carbocycles. The van der Waals surface area contributed by atoms with Gasteiger partial charge in [-0.2, -0.15) is 0 Å². The van der Waals surface area contributed by atoms with Gasteiger partial charge in [-0.05, 0) is 44.7 Å². The average molecular weight is 362 g/mol. The van der Waals surface area contributed by atoms with E-state index in [-0.39, 0.29) is 11.4 Å². The van der Waals surface area contributed by atoms with Gasteiger partial charge in [0.2, 0.25) is 5.91 Å². The molecule has 5 nitrogen and oxygen atoms in total. The zero-order chi connectivity index (χ0) is 19.3. The van der Waals surface area contributed by atoms with Gasteiger partial charge in [-0.1, -0.05) is 42.5 Å². The highest BCUT2D eigenvalue weighted by Crippen LogP contribution is 2.42. The summed E-state index contributed by atoms with van der Waals surface area (Å²) in [5.41, 5.74) is 6.02. The van der Waals surface area contributed by atoms with Gasteiger partial charge in [0.1, 0.15) is 5.69 Å². The monoisotopic (exact) mass is 362 g/mol. The number of hydrogen-bond donors (Lipinski definition) is 0. The lowest BCUT2D eigenvalue weighted by Crippen LogP contribution is -2.32. The van der Waals surface area contributed by atoms with Crippen molar-refractivity contribution in [3.63, 3.8) is 0 Å². The summed E-state index contributed by atoms with van der Waals surface area (Å²) in [5, 5.41) is 9.15. The molecule has 0 bridgehead atoms. The largest absolute Gasteiger partial charge is 0.308 e. The SMILES string of the molecule is CC(=O)N1Cc2ccccc2-c2nnn(C(C)(C)C)c2C2=C1C=CC(C)C2. The molecule has 4 rings (SSSR count). The summed E-state index contributed by atoms with van der Waals surface area (Å²) < 4.78 is 2.02. The first kappa shape index (κ1) is 17.7. The predicted octanol–water partition coefficient (Wildman–Crippen LogP) is 4.37. The van der Waals surface area contributed by atoms with Gasteiger partial charge >= 0.3 is 0 Å². The van der Waals surface area contributed by atoms with Gasteiger partial charge in [-0.3, -0.25) is 4.79 Å². The summed E-state index contributed by atoms with van der Waals surface area (Å²) in [5.74, 6) is 0.457. The fourth-order valence-corrected chi connectivity index (χ4v) is 3.95. The van der Waals surface area contributed by atoms with Crippen LogP contribution in [0.5, 0.6) is 0 Å². The molecule has 140 valence electrons. The molecule has 1 aliphatic heterocycles. The molecule has 1 atom stereocenters. The zero-order valence-electron chi connectivity index (χ0n) is 16.7. The Kier molecular flexibility index (Phi) is 4.06. The van der Waals surface area contributed by atoms with Crippen molar-refractivity contribution in [1.29, 1.82) is 0 Å². The van der Waals surface area contributed by atoms with E-state index < -0.39 is 0 Å². The molecule has 2 aromatic rings. The summed E-state index contributed by atoms with van der Waals surface area (Å²) in [6.45, 7) is 10.8. The summed E-state index contributed by atoms with van der Waals surface area (Å²) in [6.07, 6.45) is 5.16. The molecule has 0 spiro atoms. The van der Waals surface area contributed by atoms with Crippen molar-refractivity contribution in [3.05, 3.63) is 53.4 Å². The zero-order valence-corrected chi connectivity index (χ0v) is 16.7. The van der Waals surface area contributed by atoms with Crippen LogP contribution in [0.4, 0.5) is 0 Å². The number of benzene rings is 1. The molecule has 2 aliphatic rings. The highest BCUT2D eigenvalue weighted by Gasteiger charge is 2.33. The number of rotatable bonds is 0. The van der Waals surface area contributed by atoms with Crippen LogP contribution in [0.25, 0.3) is 16.8 Å². The number of fused-ring (bicyclic) bond motifs is 4. The van der Waals surface area contributed by atoms with Crippen molar-refractivity contribution >= 4 is 11.5 Å². The van der Waals surface area contributed by atoms with Gasteiger partial charge < -0.3 is 4.90 Å². The summed E-state index contributed by atoms with van der Waals surface area (Å²) in [7, 11) is 0. The van der Waals surface area contributed by atoms with Crippen molar-refractivity contribution in [3.8, 4) is 11.3 Å². The van der Waals surface area contributed by atoms with Crippen LogP contribution in [0, 0.1) is 5.92 Å². The molecule has 5 heteroatoms. The lowest BCUT2D eigenvalue weighted by molar-refractivity contribution is -0.127. The number of aromatic nitrogens is 3. The number of allylic oxidation sites excluding steroid dienone is 3. The third-order valence-electron chi connectivity index (χ3n) is 5.28. The Labute approximate surface area is 160 Å². The number of carbonyl (C=O) groups is 1. The first-order valence-corrected chi connectivity index (χ1v) is 9.51. The minimum Gasteiger partial charge on any atom is -0.308 e. The van der Waals surface area contributed by atoms with Crippen molar-refractivity contribution < 1.29 is 4.79 Å². The van der Waals surface area contributed by atoms with Crippen LogP contribution in [-0.4, -0.2) is 25.8 Å². The van der Waals surface area contributed by atoms with Crippen LogP contribution in [-0.2, 0) is 16.9 Å². The van der Waals surface area contributed by atoms with Crippen LogP contribution >= 0.6 is 0 Å². The van der Waals surface area contributed by atoms with E-state index in [2.05, 4.69) is 62.3 Å². The molecular weight excluding hydrogens is 336 g/mol. The maximum atomic E-state index is 12.6. The van der Waals surface area contributed by atoms with Crippen LogP contribution in [0.15, 0.2) is 42.1 Å². The summed E-state index contributed by atoms with van der Waals surface area (Å²) in [6, 6.07) is 8.20. The molecule has 0 saturated carbocycles. The molecule has 1 unspecified atom stereocenters. The van der Waals surface area contributed by atoms with Gasteiger partial charge in [0, 0.05) is 23.8 Å². The smallest absolute Gasteiger partial charge is 0.224 e. The van der Waals surface area contributed by atoms with E-state index >= 15 is 0 Å². The van der Waals surface area contributed by atoms with Crippen LogP contribution in [0.2, 0.25) is 0 Å². The summed E-state index contributed by atoms with van der Waals surface area (Å²) in [4.78, 5) is 14.5. The first-order chi connectivity index (χ1) is 12.8. The maximum absolute atomic E-state index is 12.6. The topological polar surface area (TPSA) is 51.0 Å². The molecular formula is C22H26N4O. The van der Waals surface area contributed by atoms with E-state index in [1.165, 1.54) is 0 Å². The van der Waals surface area contributed by atoms with E-state index in [1.54, 1.807) is 6.92 Å². The normalized spacial score (nSPS) is 19.1. The Hall–Kier alpha value is -2.69. The Balaban J connectivity index is 2.10. The minimum atomic E-state index is -0.210. The van der Waals surface area contributed by atoms with E-state index in [9.17, 15) is 4.79 Å². The van der Waals surface area contributed by atoms with E-state index in [1.807, 2.05) is 21.7 Å². The lowest BCUT2D eigenvalue weighted by atomic mass is 9.86. The quantitative estimate of drug-likeness (QED) is 0.699. The van der Waals surface area contributed by atoms with Crippen molar-refractivity contribution in [2.45, 2.75) is 53.1 Å². The highest BCUT2D eigenvalue weighted by atomic mass is 16.2. The number of carbonyl (C=O) groups excluding carboxylic acids is 1. The van der Waals surface area contributed by atoms with Gasteiger partial charge in [-0.15, -0.1) is 5.10 Å². The first-order valence-electron chi connectivity index (χ1n) is 9.51. The van der Waals surface area contributed by atoms with Crippen molar-refractivity contribution in [2.24, 2.45) is 5.92 Å². The lowest BCUT2D eigenvalue weighted by Gasteiger charge is -2.33. The Morgan fingerprint density at radius 3 is 2.67 bits per heavy atom. The van der Waals surface area contributed by atoms with E-state index in [0.29, 0.717) is 12.5 Å². The molecule has 0 radical (unpaired) electrons. The van der Waals surface area contributed by atoms with E-state index in [0.717, 1.165) is 40.2 Å². The second-order valence-corrected chi connectivity index (χ2v) is 8.54. The van der Waals surface area contributed by atoms with E-state index in [4.69, 9.17) is 0 Å². The molecule has 1 amide bonds. The molecule has 0 saturated heterocycles. The maximum Gasteiger partial charge on any atom is 0.224 e. The van der Waals surface area contributed by atoms with Crippen molar-refractivity contribution in [2.75, 3.05) is 0 Å². The van der Waals surface area contributed by atoms with Crippen LogP contribution < -0.4 is 0 Å². The van der Waals surface area contributed by atoms with Gasteiger partial charge in [0.15, 0.2) is 0 Å². The number of amides is 1. The molecule has 0 N–H and O–H groups in total. The number of nitrogens with zero attached hydrogens (tertiary/aromatic N) is 4. The highest BCUT2D eigenvalue weighted by molar-refractivity contribution is 5.87. The van der Waals surface area contributed by atoms with Gasteiger partial charge in [0.05, 0.1) is 17.8 Å². The van der Waals surface area contributed by atoms with Gasteiger partial charge in [0.25, 0.3) is 0 Å². The number of hydrogen-bond acceptors (Lipinski definition) is 3. The summed E-state index contributed by atoms with van der Waals surface area (Å²) >= 11 is 0. The Bertz CT molecular complexity index is 974. The van der Waals surface area contributed by atoms with Crippen LogP contribution in [0.3, 0.4) is 0 Å². The second kappa shape index (κ2) is 6.19. The van der Waals surface area contributed by atoms with Crippen molar-refractivity contribution in [1.82, 2.24) is 19.9 Å². The van der Waals surface area contributed by atoms with Gasteiger partial charge in [-0.25, -0.2) is 4.68 Å². The third-order valence-corrected chi connectivity index (χ3v) is 5.28. The molecule has 1 aromatic carbocycles. The molecule has 27 heavy (non-hydrogen) atoms. The minimum absolute atomic E-state index is 0.0507. The van der Waals surface area contributed by atoms with Crippen LogP contribution in [0.1, 0.15) is 52.3 Å². The third kappa shape index (κ3) is 2.91. The average Bonchev–Trinajstić information content (AvgIpc) is 3.03. The standard InChI is InChI=1S/C22H26N4O/c1-14-10-11-19-18(12-14)21-20(23-24-26(21)22(3,4)5)17-9-7-6-8-16(17)13-25(19)15(2)27/h6-11,14H,12-13H2,1-5H3. The predicted molar refractivity (Wildman–Crippen MR) is 107 cm³/mol. The molecule has 1 aromatic heterocycles. The molecule has 0 fully saturated rings. The Morgan fingerprint density at radius 1 is 1.22 bits per heavy atom. The fraction of sp³-hybridized carbons (Fsp3) is 0.409.